The Bertz CT molecular complexity index is 869. The Labute approximate surface area is 170 Å². The van der Waals surface area contributed by atoms with Crippen LogP contribution in [-0.2, 0) is 9.59 Å². The maximum absolute atomic E-state index is 12.7. The zero-order valence-corrected chi connectivity index (χ0v) is 16.6. The third-order valence-corrected chi connectivity index (χ3v) is 6.11. The van der Waals surface area contributed by atoms with Crippen molar-refractivity contribution in [3.8, 4) is 0 Å². The minimum absolute atomic E-state index is 0.00100. The summed E-state index contributed by atoms with van der Waals surface area (Å²) in [6, 6.07) is 11.7. The Hall–Kier alpha value is -2.40. The number of hydrogen-bond acceptors (Lipinski definition) is 3. The first-order chi connectivity index (χ1) is 13.6. The van der Waals surface area contributed by atoms with E-state index in [-0.39, 0.29) is 29.7 Å². The second kappa shape index (κ2) is 7.92. The molecule has 2 fully saturated rings. The largest absolute Gasteiger partial charge is 0.355 e. The number of pyridine rings is 1. The Kier molecular flexibility index (Phi) is 5.36. The van der Waals surface area contributed by atoms with Gasteiger partial charge in [0.15, 0.2) is 0 Å². The summed E-state index contributed by atoms with van der Waals surface area (Å²) in [7, 11) is 0. The second-order valence-corrected chi connectivity index (χ2v) is 8.12. The number of hydrogen-bond donors (Lipinski definition) is 1. The van der Waals surface area contributed by atoms with Crippen LogP contribution in [0.15, 0.2) is 48.8 Å². The van der Waals surface area contributed by atoms with E-state index < -0.39 is 0 Å². The summed E-state index contributed by atoms with van der Waals surface area (Å²) in [6.45, 7) is 2.32. The molecule has 5 nitrogen and oxygen atoms in total. The van der Waals surface area contributed by atoms with E-state index in [9.17, 15) is 9.59 Å². The fourth-order valence-electron chi connectivity index (χ4n) is 4.14. The van der Waals surface area contributed by atoms with E-state index in [4.69, 9.17) is 11.6 Å². The van der Waals surface area contributed by atoms with Gasteiger partial charge in [-0.15, -0.1) is 0 Å². The number of halogens is 1. The zero-order chi connectivity index (χ0) is 19.7. The van der Waals surface area contributed by atoms with E-state index >= 15 is 0 Å². The van der Waals surface area contributed by atoms with Gasteiger partial charge < -0.3 is 10.2 Å². The first kappa shape index (κ1) is 18.9. The molecule has 1 saturated carbocycles. The number of carbonyl (C=O) groups is 2. The summed E-state index contributed by atoms with van der Waals surface area (Å²) < 4.78 is 0. The van der Waals surface area contributed by atoms with Crippen molar-refractivity contribution in [3.63, 3.8) is 0 Å². The molecule has 2 aromatic rings. The Morgan fingerprint density at radius 3 is 2.64 bits per heavy atom. The van der Waals surface area contributed by atoms with Crippen molar-refractivity contribution in [3.05, 3.63) is 64.9 Å². The molecule has 2 aliphatic rings. The number of rotatable bonds is 6. The number of nitrogens with zero attached hydrogens (tertiary/aromatic N) is 2. The number of benzene rings is 1. The molecule has 146 valence electrons. The van der Waals surface area contributed by atoms with Crippen LogP contribution in [0.5, 0.6) is 0 Å². The molecule has 1 unspecified atom stereocenters. The van der Waals surface area contributed by atoms with Gasteiger partial charge in [0.2, 0.25) is 11.8 Å². The van der Waals surface area contributed by atoms with Crippen LogP contribution in [0.3, 0.4) is 0 Å². The van der Waals surface area contributed by atoms with E-state index in [1.54, 1.807) is 18.5 Å². The third-order valence-electron chi connectivity index (χ3n) is 5.76. The van der Waals surface area contributed by atoms with Crippen molar-refractivity contribution in [2.24, 2.45) is 5.92 Å². The maximum Gasteiger partial charge on any atom is 0.227 e. The normalized spacial score (nSPS) is 22.9. The highest BCUT2D eigenvalue weighted by Gasteiger charge is 2.47. The second-order valence-electron chi connectivity index (χ2n) is 7.71. The lowest BCUT2D eigenvalue weighted by Gasteiger charge is -2.29. The predicted molar refractivity (Wildman–Crippen MR) is 108 cm³/mol. The highest BCUT2D eigenvalue weighted by molar-refractivity contribution is 6.31. The van der Waals surface area contributed by atoms with Crippen molar-refractivity contribution in [1.29, 1.82) is 0 Å². The van der Waals surface area contributed by atoms with Gasteiger partial charge in [0, 0.05) is 42.3 Å². The van der Waals surface area contributed by atoms with Gasteiger partial charge in [-0.25, -0.2) is 0 Å². The van der Waals surface area contributed by atoms with Crippen molar-refractivity contribution >= 4 is 23.4 Å². The topological polar surface area (TPSA) is 62.3 Å². The van der Waals surface area contributed by atoms with Gasteiger partial charge in [0.1, 0.15) is 0 Å². The first-order valence-electron chi connectivity index (χ1n) is 9.79. The van der Waals surface area contributed by atoms with Gasteiger partial charge in [-0.05, 0) is 49.1 Å². The quantitative estimate of drug-likeness (QED) is 0.808. The summed E-state index contributed by atoms with van der Waals surface area (Å²) >= 11 is 6.24. The molecule has 3 atom stereocenters. The fourth-order valence-corrected chi connectivity index (χ4v) is 4.44. The molecule has 1 aliphatic carbocycles. The van der Waals surface area contributed by atoms with Gasteiger partial charge in [-0.1, -0.05) is 29.8 Å². The van der Waals surface area contributed by atoms with Crippen molar-refractivity contribution < 1.29 is 9.59 Å². The van der Waals surface area contributed by atoms with Crippen LogP contribution in [0.1, 0.15) is 49.3 Å². The van der Waals surface area contributed by atoms with Crippen LogP contribution in [0.2, 0.25) is 5.02 Å². The molecule has 1 saturated heterocycles. The van der Waals surface area contributed by atoms with Crippen molar-refractivity contribution in [2.75, 3.05) is 6.54 Å². The number of carbonyl (C=O) groups excluding carboxylic acids is 2. The van der Waals surface area contributed by atoms with Gasteiger partial charge in [-0.3, -0.25) is 14.6 Å². The molecule has 0 bridgehead atoms. The Balaban J connectivity index is 1.48. The number of nitrogens with one attached hydrogen (secondary N) is 1. The van der Waals surface area contributed by atoms with Crippen molar-refractivity contribution in [2.45, 2.75) is 44.2 Å². The molecule has 0 spiro atoms. The fraction of sp³-hybridized carbons (Fsp3) is 0.409. The summed E-state index contributed by atoms with van der Waals surface area (Å²) in [5.74, 6) is -0.177. The molecule has 1 N–H and O–H groups in total. The lowest BCUT2D eigenvalue weighted by Crippen LogP contribution is -2.36. The predicted octanol–water partition coefficient (Wildman–Crippen LogP) is 3.71. The molecular weight excluding hydrogens is 374 g/mol. The average Bonchev–Trinajstić information content (AvgIpc) is 3.49. The summed E-state index contributed by atoms with van der Waals surface area (Å²) in [4.78, 5) is 31.5. The van der Waals surface area contributed by atoms with Gasteiger partial charge in [-0.2, -0.15) is 0 Å². The van der Waals surface area contributed by atoms with Gasteiger partial charge in [0.05, 0.1) is 12.0 Å². The van der Waals surface area contributed by atoms with Crippen LogP contribution in [0.25, 0.3) is 0 Å². The first-order valence-corrected chi connectivity index (χ1v) is 10.2. The molecule has 2 amide bonds. The van der Waals surface area contributed by atoms with E-state index in [1.165, 1.54) is 0 Å². The Morgan fingerprint density at radius 1 is 1.25 bits per heavy atom. The van der Waals surface area contributed by atoms with Crippen LogP contribution in [0.4, 0.5) is 0 Å². The molecule has 1 aliphatic heterocycles. The molecule has 1 aromatic heterocycles. The summed E-state index contributed by atoms with van der Waals surface area (Å²) in [5.41, 5.74) is 1.90. The minimum Gasteiger partial charge on any atom is -0.355 e. The average molecular weight is 398 g/mol. The minimum atomic E-state index is -0.343. The number of aromatic nitrogens is 1. The molecule has 0 radical (unpaired) electrons. The Morgan fingerprint density at radius 2 is 1.96 bits per heavy atom. The third kappa shape index (κ3) is 3.76. The summed E-state index contributed by atoms with van der Waals surface area (Å²) in [6.07, 6.45) is 6.12. The lowest BCUT2D eigenvalue weighted by atomic mass is 9.93. The number of likely N-dealkylation sites (tertiary alicyclic amines) is 1. The van der Waals surface area contributed by atoms with Crippen LogP contribution in [0, 0.1) is 5.92 Å². The molecule has 6 heteroatoms. The smallest absolute Gasteiger partial charge is 0.227 e. The highest BCUT2D eigenvalue weighted by atomic mass is 35.5. The van der Waals surface area contributed by atoms with E-state index in [1.807, 2.05) is 42.2 Å². The monoisotopic (exact) mass is 397 g/mol. The molecule has 1 aromatic carbocycles. The molecule has 2 heterocycles. The van der Waals surface area contributed by atoms with Gasteiger partial charge in [0.25, 0.3) is 0 Å². The molecule has 28 heavy (non-hydrogen) atoms. The maximum atomic E-state index is 12.7. The zero-order valence-electron chi connectivity index (χ0n) is 15.8. The van der Waals surface area contributed by atoms with Crippen molar-refractivity contribution in [1.82, 2.24) is 15.2 Å². The molecular formula is C22H24ClN3O2. The molecule has 4 rings (SSSR count). The standard InChI is InChI=1S/C22H24ClN3O2/c1-14(18-4-2-3-5-19(18)23)22(28)25-13-16-12-20(27)26(17-6-7-17)21(16)15-8-10-24-11-9-15/h2-5,8-11,14,16-17,21H,6-7,12-13H2,1H3,(H,25,28)/t14?,16-,21-/m0/s1. The van der Waals surface area contributed by atoms with Gasteiger partial charge >= 0.3 is 0 Å². The van der Waals surface area contributed by atoms with Crippen LogP contribution in [-0.4, -0.2) is 34.3 Å². The summed E-state index contributed by atoms with van der Waals surface area (Å²) in [5, 5.41) is 3.65. The van der Waals surface area contributed by atoms with Crippen LogP contribution < -0.4 is 5.32 Å². The van der Waals surface area contributed by atoms with E-state index in [0.717, 1.165) is 24.0 Å². The lowest BCUT2D eigenvalue weighted by molar-refractivity contribution is -0.129. The number of amides is 2. The van der Waals surface area contributed by atoms with Crippen LogP contribution >= 0.6 is 11.6 Å². The van der Waals surface area contributed by atoms with E-state index in [2.05, 4.69) is 10.3 Å². The SMILES string of the molecule is CC(C(=O)NC[C@@H]1CC(=O)N(C2CC2)[C@H]1c1ccncc1)c1ccccc1Cl. The highest BCUT2D eigenvalue weighted by Crippen LogP contribution is 2.44. The van der Waals surface area contributed by atoms with E-state index in [0.29, 0.717) is 24.0 Å².